The zero-order valence-electron chi connectivity index (χ0n) is 13.5. The number of nitrogens with one attached hydrogen (secondary N) is 1. The number of carboxylic acids is 1. The van der Waals surface area contributed by atoms with Crippen molar-refractivity contribution >= 4 is 5.97 Å². The molecular formula is C16H21F4NO3. The van der Waals surface area contributed by atoms with E-state index in [1.807, 2.05) is 13.8 Å². The molecule has 1 aromatic carbocycles. The van der Waals surface area contributed by atoms with E-state index in [9.17, 15) is 22.4 Å². The summed E-state index contributed by atoms with van der Waals surface area (Å²) in [6.07, 6.45) is -4.02. The smallest absolute Gasteiger partial charge is 0.422 e. The van der Waals surface area contributed by atoms with Crippen LogP contribution in [0.3, 0.4) is 0 Å². The summed E-state index contributed by atoms with van der Waals surface area (Å²) in [4.78, 5) is 11.1. The first-order valence-corrected chi connectivity index (χ1v) is 7.50. The van der Waals surface area contributed by atoms with Crippen LogP contribution in [0.1, 0.15) is 25.8 Å². The number of halogens is 4. The molecule has 0 aliphatic heterocycles. The number of carbonyl (C=O) groups is 1. The van der Waals surface area contributed by atoms with Gasteiger partial charge in [-0.3, -0.25) is 4.79 Å². The molecule has 1 aromatic rings. The lowest BCUT2D eigenvalue weighted by molar-refractivity contribution is -0.153. The molecule has 0 saturated carbocycles. The van der Waals surface area contributed by atoms with Gasteiger partial charge >= 0.3 is 12.1 Å². The van der Waals surface area contributed by atoms with Crippen molar-refractivity contribution in [2.75, 3.05) is 13.2 Å². The van der Waals surface area contributed by atoms with Crippen molar-refractivity contribution in [1.82, 2.24) is 5.32 Å². The van der Waals surface area contributed by atoms with Gasteiger partial charge in [0.15, 0.2) is 18.2 Å². The van der Waals surface area contributed by atoms with Gasteiger partial charge in [0.1, 0.15) is 0 Å². The molecule has 1 unspecified atom stereocenters. The van der Waals surface area contributed by atoms with Gasteiger partial charge < -0.3 is 15.2 Å². The summed E-state index contributed by atoms with van der Waals surface area (Å²) >= 11 is 0. The molecule has 1 atom stereocenters. The summed E-state index contributed by atoms with van der Waals surface area (Å²) in [5.41, 5.74) is 0.487. The maximum absolute atomic E-state index is 13.7. The molecule has 0 amide bonds. The molecule has 2 N–H and O–H groups in total. The third kappa shape index (κ3) is 7.63. The zero-order chi connectivity index (χ0) is 18.3. The summed E-state index contributed by atoms with van der Waals surface area (Å²) in [5.74, 6) is -2.59. The first-order valence-electron chi connectivity index (χ1n) is 7.50. The Balaban J connectivity index is 2.54. The highest BCUT2D eigenvalue weighted by Gasteiger charge is 2.29. The maximum atomic E-state index is 13.7. The maximum Gasteiger partial charge on any atom is 0.422 e. The topological polar surface area (TPSA) is 58.6 Å². The SMILES string of the molecule is CC(C)CC(CNCc1ccc(OCC(F)(F)F)c(F)c1)C(=O)O. The Kier molecular flexibility index (Phi) is 7.47. The largest absolute Gasteiger partial charge is 0.481 e. The fourth-order valence-corrected chi connectivity index (χ4v) is 2.16. The van der Waals surface area contributed by atoms with Gasteiger partial charge in [0, 0.05) is 13.1 Å². The van der Waals surface area contributed by atoms with Crippen LogP contribution in [0.5, 0.6) is 5.75 Å². The Morgan fingerprint density at radius 2 is 2.00 bits per heavy atom. The first kappa shape index (κ1) is 20.2. The normalized spacial score (nSPS) is 13.1. The fourth-order valence-electron chi connectivity index (χ4n) is 2.16. The lowest BCUT2D eigenvalue weighted by Gasteiger charge is -2.15. The quantitative estimate of drug-likeness (QED) is 0.668. The van der Waals surface area contributed by atoms with Crippen LogP contribution in [0.2, 0.25) is 0 Å². The zero-order valence-corrected chi connectivity index (χ0v) is 13.5. The van der Waals surface area contributed by atoms with Crippen LogP contribution in [0.25, 0.3) is 0 Å². The molecule has 1 rings (SSSR count). The first-order chi connectivity index (χ1) is 11.1. The second kappa shape index (κ2) is 8.86. The van der Waals surface area contributed by atoms with E-state index in [-0.39, 0.29) is 19.0 Å². The molecule has 8 heteroatoms. The van der Waals surface area contributed by atoms with Gasteiger partial charge in [-0.15, -0.1) is 0 Å². The number of hydrogen-bond acceptors (Lipinski definition) is 3. The molecule has 0 spiro atoms. The van der Waals surface area contributed by atoms with Crippen LogP contribution >= 0.6 is 0 Å². The van der Waals surface area contributed by atoms with Crippen LogP contribution in [0, 0.1) is 17.7 Å². The molecule has 136 valence electrons. The van der Waals surface area contributed by atoms with Crippen molar-refractivity contribution < 1.29 is 32.2 Å². The van der Waals surface area contributed by atoms with E-state index in [2.05, 4.69) is 10.1 Å². The minimum Gasteiger partial charge on any atom is -0.481 e. The van der Waals surface area contributed by atoms with E-state index < -0.39 is 36.2 Å². The Hall–Kier alpha value is -1.83. The van der Waals surface area contributed by atoms with E-state index in [4.69, 9.17) is 5.11 Å². The van der Waals surface area contributed by atoms with Crippen molar-refractivity contribution in [3.63, 3.8) is 0 Å². The average Bonchev–Trinajstić information content (AvgIpc) is 2.43. The average molecular weight is 351 g/mol. The molecule has 0 aromatic heterocycles. The fraction of sp³-hybridized carbons (Fsp3) is 0.562. The Morgan fingerprint density at radius 3 is 2.50 bits per heavy atom. The third-order valence-corrected chi connectivity index (χ3v) is 3.21. The third-order valence-electron chi connectivity index (χ3n) is 3.21. The lowest BCUT2D eigenvalue weighted by atomic mass is 9.97. The molecular weight excluding hydrogens is 330 g/mol. The summed E-state index contributed by atoms with van der Waals surface area (Å²) in [7, 11) is 0. The molecule has 0 fully saturated rings. The predicted molar refractivity (Wildman–Crippen MR) is 80.2 cm³/mol. The van der Waals surface area contributed by atoms with Crippen LogP contribution in [-0.4, -0.2) is 30.4 Å². The second-order valence-corrected chi connectivity index (χ2v) is 5.96. The molecule has 4 nitrogen and oxygen atoms in total. The van der Waals surface area contributed by atoms with Gasteiger partial charge in [0.2, 0.25) is 0 Å². The number of hydrogen-bond donors (Lipinski definition) is 2. The van der Waals surface area contributed by atoms with Gasteiger partial charge in [0.05, 0.1) is 5.92 Å². The minimum atomic E-state index is -4.53. The number of aliphatic carboxylic acids is 1. The van der Waals surface area contributed by atoms with Crippen LogP contribution < -0.4 is 10.1 Å². The monoisotopic (exact) mass is 351 g/mol. The Morgan fingerprint density at radius 1 is 1.33 bits per heavy atom. The molecule has 0 saturated heterocycles. The van der Waals surface area contributed by atoms with Gasteiger partial charge in [-0.1, -0.05) is 19.9 Å². The molecule has 0 radical (unpaired) electrons. The standard InChI is InChI=1S/C16H21F4NO3/c1-10(2)5-12(15(22)23)8-21-7-11-3-4-14(13(17)6-11)24-9-16(18,19)20/h3-4,6,10,12,21H,5,7-9H2,1-2H3,(H,22,23). The van der Waals surface area contributed by atoms with E-state index in [1.54, 1.807) is 0 Å². The van der Waals surface area contributed by atoms with E-state index in [0.29, 0.717) is 12.0 Å². The highest BCUT2D eigenvalue weighted by molar-refractivity contribution is 5.70. The summed E-state index contributed by atoms with van der Waals surface area (Å²) in [6.45, 7) is 2.72. The number of benzene rings is 1. The summed E-state index contributed by atoms with van der Waals surface area (Å²) in [5, 5.41) is 12.0. The van der Waals surface area contributed by atoms with Gasteiger partial charge in [-0.25, -0.2) is 4.39 Å². The summed E-state index contributed by atoms with van der Waals surface area (Å²) in [6, 6.07) is 3.62. The molecule has 0 aliphatic rings. The molecule has 0 bridgehead atoms. The number of rotatable bonds is 9. The second-order valence-electron chi connectivity index (χ2n) is 5.96. The highest BCUT2D eigenvalue weighted by atomic mass is 19.4. The number of ether oxygens (including phenoxy) is 1. The molecule has 0 heterocycles. The predicted octanol–water partition coefficient (Wildman–Crippen LogP) is 3.60. The number of carboxylic acid groups (broad SMARTS) is 1. The summed E-state index contributed by atoms with van der Waals surface area (Å²) < 4.78 is 54.2. The van der Waals surface area contributed by atoms with Gasteiger partial charge in [-0.2, -0.15) is 13.2 Å². The van der Waals surface area contributed by atoms with Crippen molar-refractivity contribution in [3.05, 3.63) is 29.6 Å². The van der Waals surface area contributed by atoms with E-state index in [0.717, 1.165) is 12.1 Å². The van der Waals surface area contributed by atoms with Crippen molar-refractivity contribution in [1.29, 1.82) is 0 Å². The Bertz CT molecular complexity index is 547. The molecule has 0 aliphatic carbocycles. The van der Waals surface area contributed by atoms with Crippen LogP contribution in [0.15, 0.2) is 18.2 Å². The molecule has 24 heavy (non-hydrogen) atoms. The lowest BCUT2D eigenvalue weighted by Crippen LogP contribution is -2.29. The highest BCUT2D eigenvalue weighted by Crippen LogP contribution is 2.22. The van der Waals surface area contributed by atoms with Crippen molar-refractivity contribution in [2.24, 2.45) is 11.8 Å². The van der Waals surface area contributed by atoms with Crippen LogP contribution in [0.4, 0.5) is 17.6 Å². The van der Waals surface area contributed by atoms with Gasteiger partial charge in [0.25, 0.3) is 0 Å². The number of alkyl halides is 3. The van der Waals surface area contributed by atoms with Gasteiger partial charge in [-0.05, 0) is 30.0 Å². The minimum absolute atomic E-state index is 0.207. The van der Waals surface area contributed by atoms with E-state index in [1.165, 1.54) is 6.07 Å². The van der Waals surface area contributed by atoms with Crippen LogP contribution in [-0.2, 0) is 11.3 Å². The van der Waals surface area contributed by atoms with E-state index >= 15 is 0 Å². The Labute approximate surface area is 137 Å². The van der Waals surface area contributed by atoms with Crippen molar-refractivity contribution in [3.8, 4) is 5.75 Å². The van der Waals surface area contributed by atoms with Crippen molar-refractivity contribution in [2.45, 2.75) is 33.0 Å².